The molecule has 0 bridgehead atoms. The lowest BCUT2D eigenvalue weighted by Gasteiger charge is -2.20. The number of aliphatic hydroxyl groups excluding tert-OH is 1. The van der Waals surface area contributed by atoms with Gasteiger partial charge < -0.3 is 5.11 Å². The molecule has 0 saturated heterocycles. The highest BCUT2D eigenvalue weighted by Crippen LogP contribution is 2.27. The van der Waals surface area contributed by atoms with Crippen LogP contribution in [0.5, 0.6) is 0 Å². The summed E-state index contributed by atoms with van der Waals surface area (Å²) >= 11 is 9.10. The third kappa shape index (κ3) is 3.42. The van der Waals surface area contributed by atoms with E-state index in [-0.39, 0.29) is 29.6 Å². The van der Waals surface area contributed by atoms with Crippen LogP contribution in [0.3, 0.4) is 0 Å². The smallest absolute Gasteiger partial charge is 0.244 e. The largest absolute Gasteiger partial charge is 0.395 e. The van der Waals surface area contributed by atoms with Gasteiger partial charge in [-0.2, -0.15) is 4.31 Å². The molecule has 1 rings (SSSR count). The number of hydrogen-bond acceptors (Lipinski definition) is 3. The molecule has 0 aliphatic carbocycles. The number of likely N-dealkylation sites (N-methyl/N-ethyl adjacent to an activating group) is 1. The first-order valence-electron chi connectivity index (χ1n) is 4.99. The van der Waals surface area contributed by atoms with Crippen molar-refractivity contribution in [2.75, 3.05) is 19.7 Å². The molecule has 1 N–H and O–H groups in total. The van der Waals surface area contributed by atoms with Gasteiger partial charge in [0.15, 0.2) is 0 Å². The second-order valence-corrected chi connectivity index (χ2v) is 6.52. The molecule has 0 fully saturated rings. The Balaban J connectivity index is 3.24. The van der Waals surface area contributed by atoms with Gasteiger partial charge >= 0.3 is 0 Å². The molecule has 4 nitrogen and oxygen atoms in total. The molecule has 7 heteroatoms. The van der Waals surface area contributed by atoms with E-state index >= 15 is 0 Å². The SMILES string of the molecule is CCN(CCO)S(=O)(=O)c1cc(Br)ccc1Cl. The summed E-state index contributed by atoms with van der Waals surface area (Å²) in [4.78, 5) is 0.0452. The molecular formula is C10H13BrClNO3S. The minimum absolute atomic E-state index is 0.0452. The van der Waals surface area contributed by atoms with Crippen molar-refractivity contribution in [3.63, 3.8) is 0 Å². The molecule has 0 amide bonds. The Hall–Kier alpha value is -0.140. The average Bonchev–Trinajstić information content (AvgIpc) is 2.28. The predicted octanol–water partition coefficient (Wildman–Crippen LogP) is 2.11. The van der Waals surface area contributed by atoms with Crippen LogP contribution in [-0.4, -0.2) is 37.5 Å². The maximum atomic E-state index is 12.2. The van der Waals surface area contributed by atoms with Crippen LogP contribution >= 0.6 is 27.5 Å². The molecule has 0 saturated carbocycles. The Kier molecular flexibility index (Phi) is 5.40. The summed E-state index contributed by atoms with van der Waals surface area (Å²) in [5, 5.41) is 9.02. The summed E-state index contributed by atoms with van der Waals surface area (Å²) in [6.07, 6.45) is 0. The number of nitrogens with zero attached hydrogens (tertiary/aromatic N) is 1. The van der Waals surface area contributed by atoms with Crippen LogP contribution in [0.2, 0.25) is 5.02 Å². The second kappa shape index (κ2) is 6.15. The van der Waals surface area contributed by atoms with Gasteiger partial charge in [-0.3, -0.25) is 0 Å². The Labute approximate surface area is 114 Å². The first-order chi connectivity index (χ1) is 7.93. The molecule has 0 aliphatic heterocycles. The predicted molar refractivity (Wildman–Crippen MR) is 70.7 cm³/mol. The van der Waals surface area contributed by atoms with E-state index in [4.69, 9.17) is 16.7 Å². The molecule has 17 heavy (non-hydrogen) atoms. The number of hydrogen-bond donors (Lipinski definition) is 1. The summed E-state index contributed by atoms with van der Waals surface area (Å²) in [6, 6.07) is 4.65. The Bertz CT molecular complexity index is 492. The van der Waals surface area contributed by atoms with Crippen LogP contribution in [0.25, 0.3) is 0 Å². The van der Waals surface area contributed by atoms with Crippen molar-refractivity contribution in [1.29, 1.82) is 0 Å². The normalized spacial score (nSPS) is 12.1. The maximum absolute atomic E-state index is 12.2. The first kappa shape index (κ1) is 14.9. The highest BCUT2D eigenvalue weighted by molar-refractivity contribution is 9.10. The molecule has 1 aromatic carbocycles. The maximum Gasteiger partial charge on any atom is 0.244 e. The van der Waals surface area contributed by atoms with Crippen molar-refractivity contribution in [2.24, 2.45) is 0 Å². The molecule has 0 unspecified atom stereocenters. The van der Waals surface area contributed by atoms with Crippen molar-refractivity contribution in [2.45, 2.75) is 11.8 Å². The minimum Gasteiger partial charge on any atom is -0.395 e. The lowest BCUT2D eigenvalue weighted by Crippen LogP contribution is -2.33. The van der Waals surface area contributed by atoms with Crippen LogP contribution in [0.1, 0.15) is 6.92 Å². The van der Waals surface area contributed by atoms with E-state index in [1.807, 2.05) is 0 Å². The fourth-order valence-corrected chi connectivity index (χ4v) is 3.83. The molecule has 0 aromatic heterocycles. The average molecular weight is 343 g/mol. The quantitative estimate of drug-likeness (QED) is 0.891. The van der Waals surface area contributed by atoms with Gasteiger partial charge in [-0.25, -0.2) is 8.42 Å². The zero-order valence-corrected chi connectivity index (χ0v) is 12.4. The third-order valence-corrected chi connectivity index (χ3v) is 5.16. The molecule has 0 aliphatic rings. The molecule has 96 valence electrons. The van der Waals surface area contributed by atoms with E-state index < -0.39 is 10.0 Å². The topological polar surface area (TPSA) is 57.6 Å². The fraction of sp³-hybridized carbons (Fsp3) is 0.400. The second-order valence-electron chi connectivity index (χ2n) is 3.30. The standard InChI is InChI=1S/C10H13BrClNO3S/c1-2-13(5-6-14)17(15,16)10-7-8(11)3-4-9(10)12/h3-4,7,14H,2,5-6H2,1H3. The summed E-state index contributed by atoms with van der Waals surface area (Å²) in [5.74, 6) is 0. The number of benzene rings is 1. The van der Waals surface area contributed by atoms with Gasteiger partial charge in [-0.15, -0.1) is 0 Å². The van der Waals surface area contributed by atoms with Crippen LogP contribution in [0.15, 0.2) is 27.6 Å². The van der Waals surface area contributed by atoms with E-state index in [9.17, 15) is 8.42 Å². The molecule has 0 heterocycles. The Morgan fingerprint density at radius 1 is 1.47 bits per heavy atom. The van der Waals surface area contributed by atoms with Gasteiger partial charge in [0, 0.05) is 17.6 Å². The molecular weight excluding hydrogens is 330 g/mol. The molecule has 0 spiro atoms. The Morgan fingerprint density at radius 2 is 2.12 bits per heavy atom. The summed E-state index contributed by atoms with van der Waals surface area (Å²) in [7, 11) is -3.66. The van der Waals surface area contributed by atoms with Crippen LogP contribution in [-0.2, 0) is 10.0 Å². The van der Waals surface area contributed by atoms with E-state index in [0.29, 0.717) is 4.47 Å². The van der Waals surface area contributed by atoms with Crippen LogP contribution in [0, 0.1) is 0 Å². The van der Waals surface area contributed by atoms with Crippen molar-refractivity contribution in [3.05, 3.63) is 27.7 Å². The Morgan fingerprint density at radius 3 is 2.65 bits per heavy atom. The van der Waals surface area contributed by atoms with Gasteiger partial charge in [0.1, 0.15) is 4.90 Å². The van der Waals surface area contributed by atoms with Gasteiger partial charge in [-0.1, -0.05) is 34.5 Å². The summed E-state index contributed by atoms with van der Waals surface area (Å²) in [6.45, 7) is 1.82. The lowest BCUT2D eigenvalue weighted by molar-refractivity contribution is 0.257. The monoisotopic (exact) mass is 341 g/mol. The van der Waals surface area contributed by atoms with E-state index in [2.05, 4.69) is 15.9 Å². The minimum atomic E-state index is -3.66. The van der Waals surface area contributed by atoms with Crippen molar-refractivity contribution in [3.8, 4) is 0 Å². The van der Waals surface area contributed by atoms with E-state index in [1.54, 1.807) is 13.0 Å². The number of sulfonamides is 1. The lowest BCUT2D eigenvalue weighted by atomic mass is 10.4. The first-order valence-corrected chi connectivity index (χ1v) is 7.60. The highest BCUT2D eigenvalue weighted by atomic mass is 79.9. The zero-order chi connectivity index (χ0) is 13.1. The van der Waals surface area contributed by atoms with Gasteiger partial charge in [0.05, 0.1) is 11.6 Å². The van der Waals surface area contributed by atoms with Crippen LogP contribution in [0.4, 0.5) is 0 Å². The highest BCUT2D eigenvalue weighted by Gasteiger charge is 2.25. The fourth-order valence-electron chi connectivity index (χ4n) is 1.37. The van der Waals surface area contributed by atoms with Crippen molar-refractivity contribution >= 4 is 37.6 Å². The molecule has 0 atom stereocenters. The number of halogens is 2. The van der Waals surface area contributed by atoms with Gasteiger partial charge in [0.25, 0.3) is 0 Å². The molecule has 0 radical (unpaired) electrons. The number of aliphatic hydroxyl groups is 1. The summed E-state index contributed by atoms with van der Waals surface area (Å²) in [5.41, 5.74) is 0. The van der Waals surface area contributed by atoms with E-state index in [0.717, 1.165) is 0 Å². The van der Waals surface area contributed by atoms with Crippen molar-refractivity contribution < 1.29 is 13.5 Å². The summed E-state index contributed by atoms with van der Waals surface area (Å²) < 4.78 is 26.3. The molecule has 1 aromatic rings. The van der Waals surface area contributed by atoms with Gasteiger partial charge in [-0.05, 0) is 18.2 Å². The van der Waals surface area contributed by atoms with Gasteiger partial charge in [0.2, 0.25) is 10.0 Å². The van der Waals surface area contributed by atoms with Crippen molar-refractivity contribution in [1.82, 2.24) is 4.31 Å². The third-order valence-electron chi connectivity index (χ3n) is 2.21. The van der Waals surface area contributed by atoms with E-state index in [1.165, 1.54) is 16.4 Å². The zero-order valence-electron chi connectivity index (χ0n) is 9.23. The number of rotatable bonds is 5. The van der Waals surface area contributed by atoms with Crippen LogP contribution < -0.4 is 0 Å².